The molecule has 1 aliphatic heterocycles. The van der Waals surface area contributed by atoms with Gasteiger partial charge in [0.05, 0.1) is 25.4 Å². The zero-order valence-corrected chi connectivity index (χ0v) is 33.9. The minimum absolute atomic E-state index is 0.206. The van der Waals surface area contributed by atoms with E-state index in [1.54, 1.807) is 6.08 Å². The van der Waals surface area contributed by atoms with Gasteiger partial charge in [-0.15, -0.1) is 0 Å². The fourth-order valence-corrected chi connectivity index (χ4v) is 5.78. The summed E-state index contributed by atoms with van der Waals surface area (Å²) in [5.74, 6) is -0.210. The molecule has 0 radical (unpaired) electrons. The van der Waals surface area contributed by atoms with E-state index in [1.165, 1.54) is 0 Å². The smallest absolute Gasteiger partial charge is 0.220 e. The van der Waals surface area contributed by atoms with Gasteiger partial charge in [-0.2, -0.15) is 0 Å². The maximum atomic E-state index is 12.8. The van der Waals surface area contributed by atoms with Crippen molar-refractivity contribution in [2.75, 3.05) is 13.2 Å². The van der Waals surface area contributed by atoms with Crippen molar-refractivity contribution in [2.24, 2.45) is 0 Å². The summed E-state index contributed by atoms with van der Waals surface area (Å²) >= 11 is 0. The van der Waals surface area contributed by atoms with E-state index in [0.29, 0.717) is 6.42 Å². The second-order valence-electron chi connectivity index (χ2n) is 14.0. The molecule has 0 spiro atoms. The lowest BCUT2D eigenvalue weighted by Gasteiger charge is -2.40. The number of aliphatic hydroxyl groups excluding tert-OH is 5. The Morgan fingerprint density at radius 3 is 1.67 bits per heavy atom. The molecule has 55 heavy (non-hydrogen) atoms. The molecular weight excluding hydrogens is 695 g/mol. The van der Waals surface area contributed by atoms with Crippen molar-refractivity contribution in [2.45, 2.75) is 172 Å². The number of rotatable bonds is 32. The summed E-state index contributed by atoms with van der Waals surface area (Å²) in [6.07, 6.45) is 43.6. The van der Waals surface area contributed by atoms with E-state index in [4.69, 9.17) is 9.47 Å². The number of amides is 1. The van der Waals surface area contributed by atoms with Gasteiger partial charge in [-0.05, 0) is 77.0 Å². The van der Waals surface area contributed by atoms with Gasteiger partial charge in [0.25, 0.3) is 0 Å². The topological polar surface area (TPSA) is 149 Å². The fraction of sp³-hybridized carbons (Fsp3) is 0.630. The minimum Gasteiger partial charge on any atom is -0.394 e. The number of ether oxygens (including phenoxy) is 2. The van der Waals surface area contributed by atoms with Gasteiger partial charge in [0.15, 0.2) is 6.29 Å². The van der Waals surface area contributed by atoms with Crippen LogP contribution in [0.1, 0.15) is 129 Å². The zero-order valence-electron chi connectivity index (χ0n) is 33.9. The average Bonchev–Trinajstić information content (AvgIpc) is 3.18. The Bertz CT molecular complexity index is 1170. The molecule has 312 valence electrons. The predicted molar refractivity (Wildman–Crippen MR) is 225 cm³/mol. The number of allylic oxidation sites excluding steroid dienone is 15. The quantitative estimate of drug-likeness (QED) is 0.0297. The first-order valence-electron chi connectivity index (χ1n) is 21.0. The number of aliphatic hydroxyl groups is 5. The van der Waals surface area contributed by atoms with E-state index in [9.17, 15) is 30.3 Å². The summed E-state index contributed by atoms with van der Waals surface area (Å²) in [5, 5.41) is 53.6. The van der Waals surface area contributed by atoms with Gasteiger partial charge in [0.1, 0.15) is 24.4 Å². The van der Waals surface area contributed by atoms with Gasteiger partial charge >= 0.3 is 0 Å². The molecule has 0 aromatic heterocycles. The first-order chi connectivity index (χ1) is 26.8. The standard InChI is InChI=1S/C46H75NO8/c1-3-5-7-9-10-11-12-13-14-15-16-17-18-19-20-21-22-23-24-25-26-27-28-29-30-32-34-36-42(50)47-39(40(49)35-33-31-8-6-4-2)38-54-46-45(53)44(52)43(51)41(37-48)55-46/h5,7,10-11,13-14,16-17,19-20,22-23,25-26,33,35,39-41,43-46,48-49,51-53H,3-4,6,8-9,12,15,18,21,24,27-32,34,36-38H2,1-2H3,(H,47,50)/b7-5-,11-10-,14-13-,17-16-,20-19-,23-22-,26-25-,35-33+. The van der Waals surface area contributed by atoms with Gasteiger partial charge in [-0.3, -0.25) is 4.79 Å². The monoisotopic (exact) mass is 770 g/mol. The highest BCUT2D eigenvalue weighted by molar-refractivity contribution is 5.76. The molecule has 9 nitrogen and oxygen atoms in total. The lowest BCUT2D eigenvalue weighted by atomic mass is 9.99. The van der Waals surface area contributed by atoms with Crippen LogP contribution in [0.25, 0.3) is 0 Å². The van der Waals surface area contributed by atoms with Crippen LogP contribution in [0.2, 0.25) is 0 Å². The van der Waals surface area contributed by atoms with Gasteiger partial charge in [-0.1, -0.05) is 143 Å². The Morgan fingerprint density at radius 1 is 0.636 bits per heavy atom. The molecule has 7 atom stereocenters. The number of carbonyl (C=O) groups excluding carboxylic acids is 1. The second kappa shape index (κ2) is 35.5. The van der Waals surface area contributed by atoms with Crippen LogP contribution < -0.4 is 5.32 Å². The Balaban J connectivity index is 2.23. The van der Waals surface area contributed by atoms with Crippen LogP contribution in [0.15, 0.2) is 97.2 Å². The van der Waals surface area contributed by atoms with Crippen LogP contribution in [0.4, 0.5) is 0 Å². The van der Waals surface area contributed by atoms with E-state index in [2.05, 4.69) is 104 Å². The van der Waals surface area contributed by atoms with Gasteiger partial charge in [0.2, 0.25) is 5.91 Å². The third kappa shape index (κ3) is 26.6. The molecule has 0 aromatic rings. The summed E-state index contributed by atoms with van der Waals surface area (Å²) in [4.78, 5) is 12.8. The summed E-state index contributed by atoms with van der Waals surface area (Å²) in [7, 11) is 0. The first kappa shape index (κ1) is 50.1. The molecule has 6 N–H and O–H groups in total. The van der Waals surface area contributed by atoms with Crippen molar-refractivity contribution < 1.29 is 39.8 Å². The highest BCUT2D eigenvalue weighted by atomic mass is 16.7. The number of unbranched alkanes of at least 4 members (excludes halogenated alkanes) is 8. The molecule has 1 heterocycles. The van der Waals surface area contributed by atoms with Crippen molar-refractivity contribution in [3.05, 3.63) is 97.2 Å². The van der Waals surface area contributed by atoms with Crippen molar-refractivity contribution in [3.8, 4) is 0 Å². The zero-order chi connectivity index (χ0) is 40.2. The largest absolute Gasteiger partial charge is 0.394 e. The summed E-state index contributed by atoms with van der Waals surface area (Å²) in [5.41, 5.74) is 0. The molecule has 1 aliphatic rings. The van der Waals surface area contributed by atoms with Crippen LogP contribution in [0.5, 0.6) is 0 Å². The van der Waals surface area contributed by atoms with Gasteiger partial charge in [-0.25, -0.2) is 0 Å². The predicted octanol–water partition coefficient (Wildman–Crippen LogP) is 8.16. The van der Waals surface area contributed by atoms with Crippen molar-refractivity contribution >= 4 is 5.91 Å². The maximum Gasteiger partial charge on any atom is 0.220 e. The minimum atomic E-state index is -1.57. The molecule has 1 amide bonds. The Hall–Kier alpha value is -2.89. The average molecular weight is 770 g/mol. The number of hydrogen-bond donors (Lipinski definition) is 6. The number of nitrogens with one attached hydrogen (secondary N) is 1. The van der Waals surface area contributed by atoms with Gasteiger partial charge in [0, 0.05) is 6.42 Å². The summed E-state index contributed by atoms with van der Waals surface area (Å²) < 4.78 is 11.1. The molecule has 7 unspecified atom stereocenters. The number of carbonyl (C=O) groups is 1. The SMILES string of the molecule is CC/C=C\C/C=C\C/C=C\C/C=C\C/C=C\C/C=C\C/C=C\CCCCCCCC(=O)NC(COC1OC(CO)C(O)C(O)C1O)C(O)/C=C/CCCCC. The Kier molecular flexibility index (Phi) is 32.4. The van der Waals surface area contributed by atoms with Crippen molar-refractivity contribution in [1.29, 1.82) is 0 Å². The molecule has 0 bridgehead atoms. The molecule has 9 heteroatoms. The molecule has 1 rings (SSSR count). The molecular formula is C46H75NO8. The van der Waals surface area contributed by atoms with Crippen LogP contribution in [-0.4, -0.2) is 87.5 Å². The molecule has 0 aliphatic carbocycles. The second-order valence-corrected chi connectivity index (χ2v) is 14.0. The van der Waals surface area contributed by atoms with Crippen LogP contribution in [0.3, 0.4) is 0 Å². The summed E-state index contributed by atoms with van der Waals surface area (Å²) in [6, 6.07) is -0.818. The molecule has 0 saturated carbocycles. The normalized spacial score (nSPS) is 22.3. The fourth-order valence-electron chi connectivity index (χ4n) is 5.78. The molecule has 0 aromatic carbocycles. The van der Waals surface area contributed by atoms with Crippen LogP contribution in [0, 0.1) is 0 Å². The van der Waals surface area contributed by atoms with Crippen molar-refractivity contribution in [3.63, 3.8) is 0 Å². The number of hydrogen-bond acceptors (Lipinski definition) is 8. The van der Waals surface area contributed by atoms with Gasteiger partial charge < -0.3 is 40.3 Å². The third-order valence-corrected chi connectivity index (χ3v) is 9.16. The lowest BCUT2D eigenvalue weighted by molar-refractivity contribution is -0.302. The molecule has 1 fully saturated rings. The Morgan fingerprint density at radius 2 is 1.13 bits per heavy atom. The van der Waals surface area contributed by atoms with E-state index in [1.807, 2.05) is 6.08 Å². The first-order valence-corrected chi connectivity index (χ1v) is 21.0. The third-order valence-electron chi connectivity index (χ3n) is 9.16. The molecule has 1 saturated heterocycles. The Labute approximate surface area is 333 Å². The highest BCUT2D eigenvalue weighted by Crippen LogP contribution is 2.22. The van der Waals surface area contributed by atoms with Crippen LogP contribution >= 0.6 is 0 Å². The van der Waals surface area contributed by atoms with E-state index in [-0.39, 0.29) is 12.5 Å². The highest BCUT2D eigenvalue weighted by Gasteiger charge is 2.44. The summed E-state index contributed by atoms with van der Waals surface area (Å²) in [6.45, 7) is 3.49. The van der Waals surface area contributed by atoms with Crippen LogP contribution in [-0.2, 0) is 14.3 Å². The maximum absolute atomic E-state index is 12.8. The van der Waals surface area contributed by atoms with Crippen molar-refractivity contribution in [1.82, 2.24) is 5.32 Å². The van der Waals surface area contributed by atoms with E-state index >= 15 is 0 Å². The van der Waals surface area contributed by atoms with E-state index < -0.39 is 49.5 Å². The lowest BCUT2D eigenvalue weighted by Crippen LogP contribution is -2.60. The van der Waals surface area contributed by atoms with E-state index in [0.717, 1.165) is 109 Å².